The lowest BCUT2D eigenvalue weighted by Gasteiger charge is -1.86. The first kappa shape index (κ1) is 5.29. The van der Waals surface area contributed by atoms with Gasteiger partial charge in [-0.1, -0.05) is 12.1 Å². The largest absolute Gasteiger partial charge is 0.207 e. The predicted octanol–water partition coefficient (Wildman–Crippen LogP) is 1.88. The van der Waals surface area contributed by atoms with Gasteiger partial charge in [0.2, 0.25) is 0 Å². The van der Waals surface area contributed by atoms with Gasteiger partial charge < -0.3 is 0 Å². The van der Waals surface area contributed by atoms with Crippen LogP contribution in [0.15, 0.2) is 24.3 Å². The summed E-state index contributed by atoms with van der Waals surface area (Å²) < 4.78 is 12.0. The van der Waals surface area contributed by atoms with Crippen molar-refractivity contribution in [2.75, 3.05) is 0 Å². The second-order valence-electron chi connectivity index (χ2n) is 1.55. The molecule has 1 heteroatoms. The minimum absolute atomic E-state index is 0.251. The first-order valence-electron chi connectivity index (χ1n) is 2.30. The van der Waals surface area contributed by atoms with E-state index in [1.807, 2.05) is 0 Å². The van der Waals surface area contributed by atoms with Crippen LogP contribution in [-0.4, -0.2) is 0 Å². The second-order valence-corrected chi connectivity index (χ2v) is 1.55. The standard InChI is InChI=1S/C7H5F/c1-6-2-4-7(8)5-3-6/h1-5H. The van der Waals surface area contributed by atoms with Crippen LogP contribution in [0.5, 0.6) is 0 Å². The van der Waals surface area contributed by atoms with Gasteiger partial charge in [0.05, 0.1) is 0 Å². The van der Waals surface area contributed by atoms with E-state index in [2.05, 4.69) is 0 Å². The SMILES string of the molecule is [CH]c1ccc(F)cc1. The van der Waals surface area contributed by atoms with E-state index in [0.717, 1.165) is 0 Å². The first-order chi connectivity index (χ1) is 3.79. The van der Waals surface area contributed by atoms with Gasteiger partial charge in [-0.3, -0.25) is 0 Å². The van der Waals surface area contributed by atoms with E-state index in [4.69, 9.17) is 6.92 Å². The molecule has 0 aliphatic heterocycles. The summed E-state index contributed by atoms with van der Waals surface area (Å²) in [5.74, 6) is -0.251. The zero-order valence-electron chi connectivity index (χ0n) is 4.26. The Morgan fingerprint density at radius 2 is 1.62 bits per heavy atom. The molecule has 0 unspecified atom stereocenters. The summed E-state index contributed by atoms with van der Waals surface area (Å²) in [5.41, 5.74) is 0.589. The molecule has 0 fully saturated rings. The maximum absolute atomic E-state index is 12.0. The van der Waals surface area contributed by atoms with Crippen LogP contribution in [0.3, 0.4) is 0 Å². The Hall–Kier alpha value is -0.850. The summed E-state index contributed by atoms with van der Waals surface area (Å²) in [6.45, 7) is 5.26. The monoisotopic (exact) mass is 108 g/mol. The van der Waals surface area contributed by atoms with Gasteiger partial charge in [-0.2, -0.15) is 0 Å². The molecule has 40 valence electrons. The van der Waals surface area contributed by atoms with E-state index in [9.17, 15) is 4.39 Å². The molecule has 1 aromatic rings. The van der Waals surface area contributed by atoms with E-state index >= 15 is 0 Å². The molecule has 0 aromatic heterocycles. The zero-order valence-corrected chi connectivity index (χ0v) is 4.26. The van der Waals surface area contributed by atoms with Crippen LogP contribution in [-0.2, 0) is 0 Å². The molecular formula is C7H5F. The lowest BCUT2D eigenvalue weighted by atomic mass is 10.2. The molecule has 0 saturated heterocycles. The molecule has 0 bridgehead atoms. The van der Waals surface area contributed by atoms with Crippen molar-refractivity contribution >= 4 is 0 Å². The molecule has 0 saturated carbocycles. The normalized spacial score (nSPS) is 9.25. The van der Waals surface area contributed by atoms with E-state index in [0.29, 0.717) is 5.56 Å². The molecule has 2 radical (unpaired) electrons. The zero-order chi connectivity index (χ0) is 5.98. The van der Waals surface area contributed by atoms with Crippen molar-refractivity contribution in [2.24, 2.45) is 0 Å². The van der Waals surface area contributed by atoms with Crippen molar-refractivity contribution in [1.29, 1.82) is 0 Å². The summed E-state index contributed by atoms with van der Waals surface area (Å²) in [4.78, 5) is 0. The Balaban J connectivity index is 3.03. The van der Waals surface area contributed by atoms with E-state index in [-0.39, 0.29) is 5.82 Å². The fourth-order valence-corrected chi connectivity index (χ4v) is 0.463. The highest BCUT2D eigenvalue weighted by atomic mass is 19.1. The maximum atomic E-state index is 12.0. The van der Waals surface area contributed by atoms with E-state index in [1.165, 1.54) is 24.3 Å². The van der Waals surface area contributed by atoms with Crippen LogP contribution in [0, 0.1) is 12.7 Å². The van der Waals surface area contributed by atoms with Gasteiger partial charge in [-0.05, 0) is 24.6 Å². The Morgan fingerprint density at radius 3 is 2.00 bits per heavy atom. The predicted molar refractivity (Wildman–Crippen MR) is 29.8 cm³/mol. The van der Waals surface area contributed by atoms with Crippen molar-refractivity contribution in [1.82, 2.24) is 0 Å². The molecule has 1 aromatic carbocycles. The third-order valence-corrected chi connectivity index (χ3v) is 0.870. The molecule has 0 amide bonds. The van der Waals surface area contributed by atoms with Gasteiger partial charge in [0.15, 0.2) is 0 Å². The van der Waals surface area contributed by atoms with Crippen molar-refractivity contribution in [2.45, 2.75) is 0 Å². The molecule has 8 heavy (non-hydrogen) atoms. The van der Waals surface area contributed by atoms with Crippen LogP contribution in [0.2, 0.25) is 0 Å². The Morgan fingerprint density at radius 1 is 1.12 bits per heavy atom. The highest BCUT2D eigenvalue weighted by Crippen LogP contribution is 1.98. The fourth-order valence-electron chi connectivity index (χ4n) is 0.463. The average molecular weight is 108 g/mol. The van der Waals surface area contributed by atoms with Crippen molar-refractivity contribution in [3.8, 4) is 0 Å². The Kier molecular flexibility index (Phi) is 1.29. The van der Waals surface area contributed by atoms with Gasteiger partial charge in [0.1, 0.15) is 5.82 Å². The highest BCUT2D eigenvalue weighted by Gasteiger charge is 1.83. The molecule has 0 N–H and O–H groups in total. The third-order valence-electron chi connectivity index (χ3n) is 0.870. The Bertz CT molecular complexity index is 143. The molecule has 0 atom stereocenters. The number of hydrogen-bond donors (Lipinski definition) is 0. The molecule has 0 spiro atoms. The van der Waals surface area contributed by atoms with Gasteiger partial charge in [-0.15, -0.1) is 0 Å². The van der Waals surface area contributed by atoms with Gasteiger partial charge >= 0.3 is 0 Å². The van der Waals surface area contributed by atoms with Crippen LogP contribution in [0.1, 0.15) is 5.56 Å². The lowest BCUT2D eigenvalue weighted by molar-refractivity contribution is 0.627. The summed E-state index contributed by atoms with van der Waals surface area (Å²) in [6, 6.07) is 5.70. The van der Waals surface area contributed by atoms with Crippen molar-refractivity contribution < 1.29 is 4.39 Å². The second kappa shape index (κ2) is 1.95. The minimum Gasteiger partial charge on any atom is -0.207 e. The van der Waals surface area contributed by atoms with E-state index < -0.39 is 0 Å². The summed E-state index contributed by atoms with van der Waals surface area (Å²) in [7, 11) is 0. The summed E-state index contributed by atoms with van der Waals surface area (Å²) in [6.07, 6.45) is 0. The number of rotatable bonds is 0. The van der Waals surface area contributed by atoms with Gasteiger partial charge in [0.25, 0.3) is 0 Å². The van der Waals surface area contributed by atoms with Crippen molar-refractivity contribution in [3.63, 3.8) is 0 Å². The van der Waals surface area contributed by atoms with E-state index in [1.54, 1.807) is 0 Å². The molecular weight excluding hydrogens is 103 g/mol. The lowest BCUT2D eigenvalue weighted by Crippen LogP contribution is -1.71. The van der Waals surface area contributed by atoms with Gasteiger partial charge in [0, 0.05) is 0 Å². The van der Waals surface area contributed by atoms with Crippen LogP contribution < -0.4 is 0 Å². The van der Waals surface area contributed by atoms with Crippen LogP contribution in [0.25, 0.3) is 0 Å². The van der Waals surface area contributed by atoms with Gasteiger partial charge in [-0.25, -0.2) is 4.39 Å². The molecule has 0 nitrogen and oxygen atoms in total. The Labute approximate surface area is 48.0 Å². The molecule has 0 aliphatic rings. The summed E-state index contributed by atoms with van der Waals surface area (Å²) in [5, 5.41) is 0. The minimum atomic E-state index is -0.251. The quantitative estimate of drug-likeness (QED) is 0.476. The molecule has 0 aliphatic carbocycles. The number of halogens is 1. The molecule has 0 heterocycles. The number of hydrogen-bond acceptors (Lipinski definition) is 0. The fraction of sp³-hybridized carbons (Fsp3) is 0. The maximum Gasteiger partial charge on any atom is 0.123 e. The smallest absolute Gasteiger partial charge is 0.123 e. The summed E-state index contributed by atoms with van der Waals surface area (Å²) >= 11 is 0. The average Bonchev–Trinajstić information content (AvgIpc) is 1.77. The number of benzene rings is 1. The third kappa shape index (κ3) is 1.06. The van der Waals surface area contributed by atoms with Crippen LogP contribution in [0.4, 0.5) is 4.39 Å². The highest BCUT2D eigenvalue weighted by molar-refractivity contribution is 5.17. The van der Waals surface area contributed by atoms with Crippen LogP contribution >= 0.6 is 0 Å². The van der Waals surface area contributed by atoms with Crippen molar-refractivity contribution in [3.05, 3.63) is 42.6 Å². The first-order valence-corrected chi connectivity index (χ1v) is 2.30. The topological polar surface area (TPSA) is 0 Å². The molecule has 1 rings (SSSR count).